The second kappa shape index (κ2) is 6.24. The van der Waals surface area contributed by atoms with E-state index in [0.717, 1.165) is 36.6 Å². The zero-order chi connectivity index (χ0) is 15.7. The van der Waals surface area contributed by atoms with Gasteiger partial charge >= 0.3 is 0 Å². The SMILES string of the molecule is Cc1ccc2nc(N3CCC(C(=O)NC(C)C)CC3)sc2c1. The third-order valence-corrected chi connectivity index (χ3v) is 5.18. The van der Waals surface area contributed by atoms with Crippen LogP contribution in [0.25, 0.3) is 10.2 Å². The van der Waals surface area contributed by atoms with Crippen LogP contribution in [-0.4, -0.2) is 30.0 Å². The molecule has 1 N–H and O–H groups in total. The highest BCUT2D eigenvalue weighted by atomic mass is 32.1. The lowest BCUT2D eigenvalue weighted by atomic mass is 9.96. The first-order chi connectivity index (χ1) is 10.5. The summed E-state index contributed by atoms with van der Waals surface area (Å²) in [4.78, 5) is 19.1. The van der Waals surface area contributed by atoms with Gasteiger partial charge in [0.05, 0.1) is 10.2 Å². The third kappa shape index (κ3) is 3.24. The van der Waals surface area contributed by atoms with Crippen LogP contribution in [0.1, 0.15) is 32.3 Å². The van der Waals surface area contributed by atoms with E-state index in [9.17, 15) is 4.79 Å². The Hall–Kier alpha value is -1.62. The highest BCUT2D eigenvalue weighted by molar-refractivity contribution is 7.22. The topological polar surface area (TPSA) is 45.2 Å². The van der Waals surface area contributed by atoms with E-state index in [1.807, 2.05) is 13.8 Å². The number of aromatic nitrogens is 1. The number of nitrogens with one attached hydrogen (secondary N) is 1. The molecule has 1 saturated heterocycles. The number of thiazole rings is 1. The molecule has 1 aliphatic rings. The van der Waals surface area contributed by atoms with Gasteiger partial charge in [-0.3, -0.25) is 4.79 Å². The number of anilines is 1. The quantitative estimate of drug-likeness (QED) is 0.944. The summed E-state index contributed by atoms with van der Waals surface area (Å²) in [5.74, 6) is 0.352. The van der Waals surface area contributed by atoms with Gasteiger partial charge in [-0.2, -0.15) is 0 Å². The minimum Gasteiger partial charge on any atom is -0.354 e. The molecule has 4 nitrogen and oxygen atoms in total. The number of benzene rings is 1. The Morgan fingerprint density at radius 3 is 2.77 bits per heavy atom. The van der Waals surface area contributed by atoms with Gasteiger partial charge < -0.3 is 10.2 Å². The number of nitrogens with zero attached hydrogens (tertiary/aromatic N) is 2. The van der Waals surface area contributed by atoms with Gasteiger partial charge in [0.15, 0.2) is 5.13 Å². The van der Waals surface area contributed by atoms with E-state index in [-0.39, 0.29) is 17.9 Å². The van der Waals surface area contributed by atoms with Gasteiger partial charge in [0.2, 0.25) is 5.91 Å². The zero-order valence-electron chi connectivity index (χ0n) is 13.4. The molecule has 1 aliphatic heterocycles. The number of amides is 1. The largest absolute Gasteiger partial charge is 0.354 e. The predicted octanol–water partition coefficient (Wildman–Crippen LogP) is 3.35. The number of hydrogen-bond donors (Lipinski definition) is 1. The minimum atomic E-state index is 0.148. The fraction of sp³-hybridized carbons (Fsp3) is 0.529. The summed E-state index contributed by atoms with van der Waals surface area (Å²) < 4.78 is 1.25. The molecule has 3 rings (SSSR count). The fourth-order valence-corrected chi connectivity index (χ4v) is 4.01. The Bertz CT molecular complexity index is 672. The molecule has 2 heterocycles. The van der Waals surface area contributed by atoms with Gasteiger partial charge in [0.25, 0.3) is 0 Å². The molecule has 0 radical (unpaired) electrons. The molecular weight excluding hydrogens is 294 g/mol. The maximum atomic E-state index is 12.1. The molecule has 0 aliphatic carbocycles. The van der Waals surface area contributed by atoms with Crippen LogP contribution < -0.4 is 10.2 Å². The van der Waals surface area contributed by atoms with Crippen LogP contribution in [0.3, 0.4) is 0 Å². The van der Waals surface area contributed by atoms with Crippen molar-refractivity contribution in [3.8, 4) is 0 Å². The number of piperidine rings is 1. The molecule has 1 amide bonds. The standard InChI is InChI=1S/C17H23N3OS/c1-11(2)18-16(21)13-6-8-20(9-7-13)17-19-14-5-4-12(3)10-15(14)22-17/h4-5,10-11,13H,6-9H2,1-3H3,(H,18,21). The lowest BCUT2D eigenvalue weighted by Crippen LogP contribution is -2.42. The number of rotatable bonds is 3. The Balaban J connectivity index is 1.66. The van der Waals surface area contributed by atoms with Crippen LogP contribution in [0.15, 0.2) is 18.2 Å². The summed E-state index contributed by atoms with van der Waals surface area (Å²) in [5.41, 5.74) is 2.34. The number of carbonyl (C=O) groups is 1. The molecule has 0 saturated carbocycles. The molecule has 1 aromatic carbocycles. The highest BCUT2D eigenvalue weighted by Gasteiger charge is 2.26. The molecule has 0 bridgehead atoms. The first kappa shape index (κ1) is 15.3. The number of aryl methyl sites for hydroxylation is 1. The Morgan fingerprint density at radius 1 is 1.36 bits per heavy atom. The molecule has 5 heteroatoms. The number of fused-ring (bicyclic) bond motifs is 1. The molecule has 118 valence electrons. The van der Waals surface area contributed by atoms with E-state index in [0.29, 0.717) is 0 Å². The summed E-state index contributed by atoms with van der Waals surface area (Å²) >= 11 is 1.75. The third-order valence-electron chi connectivity index (χ3n) is 4.10. The van der Waals surface area contributed by atoms with Crippen LogP contribution in [-0.2, 0) is 4.79 Å². The van der Waals surface area contributed by atoms with Crippen molar-refractivity contribution in [1.29, 1.82) is 0 Å². The fourth-order valence-electron chi connectivity index (χ4n) is 2.89. The molecule has 22 heavy (non-hydrogen) atoms. The zero-order valence-corrected chi connectivity index (χ0v) is 14.2. The molecule has 1 fully saturated rings. The van der Waals surface area contributed by atoms with Crippen molar-refractivity contribution in [3.05, 3.63) is 23.8 Å². The normalized spacial score (nSPS) is 16.5. The van der Waals surface area contributed by atoms with Crippen LogP contribution in [0.5, 0.6) is 0 Å². The average molecular weight is 317 g/mol. The van der Waals surface area contributed by atoms with Crippen LogP contribution in [0, 0.1) is 12.8 Å². The maximum Gasteiger partial charge on any atom is 0.223 e. The van der Waals surface area contributed by atoms with Crippen LogP contribution in [0.2, 0.25) is 0 Å². The van der Waals surface area contributed by atoms with E-state index >= 15 is 0 Å². The second-order valence-electron chi connectivity index (χ2n) is 6.39. The summed E-state index contributed by atoms with van der Waals surface area (Å²) in [6.07, 6.45) is 1.82. The first-order valence-electron chi connectivity index (χ1n) is 7.95. The lowest BCUT2D eigenvalue weighted by molar-refractivity contribution is -0.126. The van der Waals surface area contributed by atoms with E-state index in [4.69, 9.17) is 4.98 Å². The summed E-state index contributed by atoms with van der Waals surface area (Å²) in [7, 11) is 0. The van der Waals surface area contributed by atoms with Crippen molar-refractivity contribution in [2.24, 2.45) is 5.92 Å². The second-order valence-corrected chi connectivity index (χ2v) is 7.40. The molecule has 1 aromatic heterocycles. The Morgan fingerprint density at radius 2 is 2.09 bits per heavy atom. The molecule has 2 aromatic rings. The van der Waals surface area contributed by atoms with Gasteiger partial charge in [-0.05, 0) is 51.3 Å². The van der Waals surface area contributed by atoms with Gasteiger partial charge in [-0.1, -0.05) is 17.4 Å². The lowest BCUT2D eigenvalue weighted by Gasteiger charge is -2.31. The van der Waals surface area contributed by atoms with Crippen molar-refractivity contribution in [2.75, 3.05) is 18.0 Å². The summed E-state index contributed by atoms with van der Waals surface area (Å²) in [6, 6.07) is 6.61. The molecule has 0 spiro atoms. The van der Waals surface area contributed by atoms with E-state index in [1.54, 1.807) is 11.3 Å². The molecule has 0 atom stereocenters. The number of carbonyl (C=O) groups excluding carboxylic acids is 1. The van der Waals surface area contributed by atoms with E-state index in [1.165, 1.54) is 10.3 Å². The molecule has 0 unspecified atom stereocenters. The number of hydrogen-bond acceptors (Lipinski definition) is 4. The molecular formula is C17H23N3OS. The van der Waals surface area contributed by atoms with E-state index in [2.05, 4.69) is 35.3 Å². The van der Waals surface area contributed by atoms with E-state index < -0.39 is 0 Å². The van der Waals surface area contributed by atoms with Gasteiger partial charge in [0.1, 0.15) is 0 Å². The van der Waals surface area contributed by atoms with Crippen molar-refractivity contribution in [2.45, 2.75) is 39.7 Å². The summed E-state index contributed by atoms with van der Waals surface area (Å²) in [6.45, 7) is 7.95. The monoisotopic (exact) mass is 317 g/mol. The Kier molecular flexibility index (Phi) is 4.34. The van der Waals surface area contributed by atoms with Crippen molar-refractivity contribution in [3.63, 3.8) is 0 Å². The summed E-state index contributed by atoms with van der Waals surface area (Å²) in [5, 5.41) is 4.11. The van der Waals surface area contributed by atoms with Crippen molar-refractivity contribution < 1.29 is 4.79 Å². The minimum absolute atomic E-state index is 0.148. The Labute approximate surface area is 135 Å². The van der Waals surface area contributed by atoms with Gasteiger partial charge in [-0.15, -0.1) is 0 Å². The highest BCUT2D eigenvalue weighted by Crippen LogP contribution is 2.32. The van der Waals surface area contributed by atoms with Crippen molar-refractivity contribution >= 4 is 32.6 Å². The maximum absolute atomic E-state index is 12.1. The average Bonchev–Trinajstić information content (AvgIpc) is 2.89. The van der Waals surface area contributed by atoms with Gasteiger partial charge in [0, 0.05) is 25.0 Å². The van der Waals surface area contributed by atoms with Crippen molar-refractivity contribution in [1.82, 2.24) is 10.3 Å². The predicted molar refractivity (Wildman–Crippen MR) is 92.6 cm³/mol. The van der Waals surface area contributed by atoms with Crippen LogP contribution in [0.4, 0.5) is 5.13 Å². The van der Waals surface area contributed by atoms with Crippen LogP contribution >= 0.6 is 11.3 Å². The first-order valence-corrected chi connectivity index (χ1v) is 8.77. The smallest absolute Gasteiger partial charge is 0.223 e. The van der Waals surface area contributed by atoms with Gasteiger partial charge in [-0.25, -0.2) is 4.98 Å².